The molecular formula is C13H18N4O. The van der Waals surface area contributed by atoms with Crippen LogP contribution in [0.15, 0.2) is 12.1 Å². The van der Waals surface area contributed by atoms with Crippen LogP contribution in [0.3, 0.4) is 0 Å². The highest BCUT2D eigenvalue weighted by molar-refractivity contribution is 5.47. The summed E-state index contributed by atoms with van der Waals surface area (Å²) in [5.41, 5.74) is 5.43. The van der Waals surface area contributed by atoms with Gasteiger partial charge in [-0.15, -0.1) is 0 Å². The van der Waals surface area contributed by atoms with Crippen molar-refractivity contribution in [3.63, 3.8) is 0 Å². The van der Waals surface area contributed by atoms with Gasteiger partial charge in [0.05, 0.1) is 0 Å². The number of pyridine rings is 1. The molecule has 1 spiro atoms. The fraction of sp³-hybridized carbons (Fsp3) is 0.538. The Morgan fingerprint density at radius 1 is 1.33 bits per heavy atom. The van der Waals surface area contributed by atoms with Crippen LogP contribution in [-0.2, 0) is 17.6 Å². The second kappa shape index (κ2) is 4.24. The Hall–Kier alpha value is -1.62. The Kier molecular flexibility index (Phi) is 2.70. The van der Waals surface area contributed by atoms with Gasteiger partial charge in [0, 0.05) is 18.8 Å². The van der Waals surface area contributed by atoms with Gasteiger partial charge in [-0.1, -0.05) is 6.07 Å². The summed E-state index contributed by atoms with van der Waals surface area (Å²) in [7, 11) is 0. The summed E-state index contributed by atoms with van der Waals surface area (Å²) in [6.45, 7) is 1.75. The maximum atomic E-state index is 10.8. The number of nitrogens with two attached hydrogens (primary N) is 1. The molecule has 1 aromatic rings. The van der Waals surface area contributed by atoms with E-state index in [2.05, 4.69) is 16.5 Å². The van der Waals surface area contributed by atoms with E-state index >= 15 is 0 Å². The number of nitrogens with zero attached hydrogens (tertiary/aromatic N) is 2. The molecule has 18 heavy (non-hydrogen) atoms. The molecule has 0 radical (unpaired) electrons. The van der Waals surface area contributed by atoms with Crippen molar-refractivity contribution in [2.45, 2.75) is 25.7 Å². The fourth-order valence-electron chi connectivity index (χ4n) is 3.20. The maximum absolute atomic E-state index is 10.8. The minimum absolute atomic E-state index is 0.321. The number of amides is 1. The van der Waals surface area contributed by atoms with Gasteiger partial charge in [0.15, 0.2) is 0 Å². The Morgan fingerprint density at radius 3 is 2.78 bits per heavy atom. The molecule has 0 unspecified atom stereocenters. The third-order valence-corrected chi connectivity index (χ3v) is 4.33. The first kappa shape index (κ1) is 11.5. The number of fused-ring (bicyclic) bond motifs is 1. The molecule has 1 aliphatic heterocycles. The molecule has 0 atom stereocenters. The zero-order chi connectivity index (χ0) is 12.6. The third-order valence-electron chi connectivity index (χ3n) is 4.33. The van der Waals surface area contributed by atoms with Crippen molar-refractivity contribution in [1.29, 1.82) is 0 Å². The highest BCUT2D eigenvalue weighted by atomic mass is 16.1. The van der Waals surface area contributed by atoms with Crippen LogP contribution >= 0.6 is 0 Å². The molecule has 96 valence electrons. The summed E-state index contributed by atoms with van der Waals surface area (Å²) < 4.78 is 0. The topological polar surface area (TPSA) is 71.2 Å². The second-order valence-electron chi connectivity index (χ2n) is 5.44. The summed E-state index contributed by atoms with van der Waals surface area (Å²) in [6, 6.07) is 4.05. The number of nitrogens with one attached hydrogen (secondary N) is 1. The van der Waals surface area contributed by atoms with Crippen LogP contribution in [0.2, 0.25) is 0 Å². The lowest BCUT2D eigenvalue weighted by molar-refractivity contribution is -0.120. The zero-order valence-corrected chi connectivity index (χ0v) is 10.4. The van der Waals surface area contributed by atoms with Gasteiger partial charge in [0.25, 0.3) is 0 Å². The predicted molar refractivity (Wildman–Crippen MR) is 68.8 cm³/mol. The van der Waals surface area contributed by atoms with E-state index in [1.54, 1.807) is 0 Å². The van der Waals surface area contributed by atoms with E-state index in [-0.39, 0.29) is 0 Å². The van der Waals surface area contributed by atoms with Crippen LogP contribution in [0.5, 0.6) is 0 Å². The molecule has 5 heteroatoms. The van der Waals surface area contributed by atoms with Crippen LogP contribution in [0.1, 0.15) is 24.1 Å². The standard InChI is InChI=1S/C13H18N4O/c14-16-12-2-1-10-7-13(8-11(10)15-12)3-5-17(9-18)6-4-13/h1-2,9H,3-8,14H2,(H,15,16). The quantitative estimate of drug-likeness (QED) is 0.458. The van der Waals surface area contributed by atoms with Crippen LogP contribution in [0.4, 0.5) is 5.82 Å². The van der Waals surface area contributed by atoms with E-state index in [4.69, 9.17) is 5.84 Å². The number of hydrogen-bond donors (Lipinski definition) is 2. The molecular weight excluding hydrogens is 228 g/mol. The summed E-state index contributed by atoms with van der Waals surface area (Å²) in [6.07, 6.45) is 5.22. The second-order valence-corrected chi connectivity index (χ2v) is 5.44. The minimum atomic E-state index is 0.321. The van der Waals surface area contributed by atoms with Crippen molar-refractivity contribution in [3.05, 3.63) is 23.4 Å². The van der Waals surface area contributed by atoms with Gasteiger partial charge in [-0.2, -0.15) is 0 Å². The number of nitrogen functional groups attached to an aromatic ring is 1. The normalized spacial score (nSPS) is 20.8. The van der Waals surface area contributed by atoms with Crippen LogP contribution < -0.4 is 11.3 Å². The van der Waals surface area contributed by atoms with Crippen molar-refractivity contribution < 1.29 is 4.79 Å². The van der Waals surface area contributed by atoms with Crippen molar-refractivity contribution in [2.24, 2.45) is 11.3 Å². The number of hydrazine groups is 1. The fourth-order valence-corrected chi connectivity index (χ4v) is 3.20. The van der Waals surface area contributed by atoms with Gasteiger partial charge in [-0.05, 0) is 42.7 Å². The number of carbonyl (C=O) groups excluding carboxylic acids is 1. The molecule has 0 saturated carbocycles. The lowest BCUT2D eigenvalue weighted by atomic mass is 9.76. The van der Waals surface area contributed by atoms with Crippen molar-refractivity contribution in [3.8, 4) is 0 Å². The van der Waals surface area contributed by atoms with Crippen molar-refractivity contribution in [2.75, 3.05) is 18.5 Å². The van der Waals surface area contributed by atoms with Crippen LogP contribution in [0, 0.1) is 5.41 Å². The molecule has 0 bridgehead atoms. The van der Waals surface area contributed by atoms with Gasteiger partial charge in [-0.25, -0.2) is 10.8 Å². The number of carbonyl (C=O) groups is 1. The van der Waals surface area contributed by atoms with Crippen molar-refractivity contribution >= 4 is 12.2 Å². The first-order valence-corrected chi connectivity index (χ1v) is 6.39. The summed E-state index contributed by atoms with van der Waals surface area (Å²) in [5.74, 6) is 6.12. The molecule has 1 amide bonds. The van der Waals surface area contributed by atoms with Gasteiger partial charge >= 0.3 is 0 Å². The molecule has 1 aliphatic carbocycles. The monoisotopic (exact) mass is 246 g/mol. The third kappa shape index (κ3) is 1.84. The Balaban J connectivity index is 1.78. The lowest BCUT2D eigenvalue weighted by Gasteiger charge is -2.37. The number of aromatic nitrogens is 1. The average molecular weight is 246 g/mol. The highest BCUT2D eigenvalue weighted by Gasteiger charge is 2.40. The largest absolute Gasteiger partial charge is 0.345 e. The molecule has 1 fully saturated rings. The lowest BCUT2D eigenvalue weighted by Crippen LogP contribution is -2.39. The molecule has 3 rings (SSSR count). The first-order chi connectivity index (χ1) is 8.74. The van der Waals surface area contributed by atoms with Gasteiger partial charge in [-0.3, -0.25) is 4.79 Å². The zero-order valence-electron chi connectivity index (χ0n) is 10.4. The molecule has 3 N–H and O–H groups in total. The molecule has 1 aromatic heterocycles. The smallest absolute Gasteiger partial charge is 0.209 e. The summed E-state index contributed by atoms with van der Waals surface area (Å²) >= 11 is 0. The van der Waals surface area contributed by atoms with Crippen molar-refractivity contribution in [1.82, 2.24) is 9.88 Å². The van der Waals surface area contributed by atoms with E-state index in [0.29, 0.717) is 5.41 Å². The van der Waals surface area contributed by atoms with E-state index < -0.39 is 0 Å². The maximum Gasteiger partial charge on any atom is 0.209 e. The molecule has 5 nitrogen and oxygen atoms in total. The molecule has 1 saturated heterocycles. The molecule has 2 heterocycles. The van der Waals surface area contributed by atoms with E-state index in [1.165, 1.54) is 11.3 Å². The van der Waals surface area contributed by atoms with E-state index in [0.717, 1.165) is 51.0 Å². The van der Waals surface area contributed by atoms with Gasteiger partial charge in [0.1, 0.15) is 5.82 Å². The predicted octanol–water partition coefficient (Wildman–Crippen LogP) is 0.704. The Bertz CT molecular complexity index is 466. The number of anilines is 1. The Morgan fingerprint density at radius 2 is 2.11 bits per heavy atom. The van der Waals surface area contributed by atoms with Crippen LogP contribution in [0.25, 0.3) is 0 Å². The SMILES string of the molecule is NNc1ccc2c(n1)CC1(CCN(C=O)CC1)C2. The molecule has 0 aromatic carbocycles. The number of hydrogen-bond acceptors (Lipinski definition) is 4. The average Bonchev–Trinajstić information content (AvgIpc) is 2.76. The molecule has 2 aliphatic rings. The number of rotatable bonds is 2. The van der Waals surface area contributed by atoms with Crippen LogP contribution in [-0.4, -0.2) is 29.4 Å². The summed E-state index contributed by atoms with van der Waals surface area (Å²) in [5, 5.41) is 0. The highest BCUT2D eigenvalue weighted by Crippen LogP contribution is 2.43. The Labute approximate surface area is 106 Å². The van der Waals surface area contributed by atoms with E-state index in [9.17, 15) is 4.79 Å². The summed E-state index contributed by atoms with van der Waals surface area (Å²) in [4.78, 5) is 17.2. The minimum Gasteiger partial charge on any atom is -0.345 e. The first-order valence-electron chi connectivity index (χ1n) is 6.39. The van der Waals surface area contributed by atoms with Gasteiger partial charge < -0.3 is 10.3 Å². The van der Waals surface area contributed by atoms with E-state index in [1.807, 2.05) is 11.0 Å². The van der Waals surface area contributed by atoms with Gasteiger partial charge in [0.2, 0.25) is 6.41 Å². The number of likely N-dealkylation sites (tertiary alicyclic amines) is 1. The number of piperidine rings is 1.